The molecule has 0 radical (unpaired) electrons. The van der Waals surface area contributed by atoms with Gasteiger partial charge < -0.3 is 19.1 Å². The SMILES string of the molecule is O=C([O-])COc1cccc(C(=O)C2CCC=C2c2nc(-c3ccccc3)c(-c3ccccc3)o2)c1.[Na+]. The molecule has 1 atom stereocenters. The number of aromatic nitrogens is 1. The van der Waals surface area contributed by atoms with Crippen LogP contribution in [0, 0.1) is 5.92 Å². The predicted octanol–water partition coefficient (Wildman–Crippen LogP) is 1.82. The Balaban J connectivity index is 0.00000304. The standard InChI is InChI=1S/C29H23NO5.Na/c31-25(32)18-34-22-14-7-13-21(17-22)27(33)23-15-8-16-24(23)29-30-26(19-9-3-1-4-10-19)28(35-29)20-11-5-2-6-12-20;/h1-7,9-14,16-17,23H,8,15,18H2,(H,31,32);/q;+1/p-1. The molecule has 0 bridgehead atoms. The maximum atomic E-state index is 13.5. The summed E-state index contributed by atoms with van der Waals surface area (Å²) in [6.07, 6.45) is 3.38. The molecule has 1 unspecified atom stereocenters. The summed E-state index contributed by atoms with van der Waals surface area (Å²) >= 11 is 0. The van der Waals surface area contributed by atoms with E-state index in [1.165, 1.54) is 0 Å². The first-order valence-corrected chi connectivity index (χ1v) is 11.4. The monoisotopic (exact) mass is 487 g/mol. The number of carboxylic acid groups (broad SMARTS) is 1. The summed E-state index contributed by atoms with van der Waals surface area (Å²) in [7, 11) is 0. The minimum absolute atomic E-state index is 0. The topological polar surface area (TPSA) is 92.5 Å². The summed E-state index contributed by atoms with van der Waals surface area (Å²) in [6, 6.07) is 26.1. The van der Waals surface area contributed by atoms with Crippen LogP contribution in [0.3, 0.4) is 0 Å². The van der Waals surface area contributed by atoms with Gasteiger partial charge in [-0.25, -0.2) is 4.98 Å². The predicted molar refractivity (Wildman–Crippen MR) is 129 cm³/mol. The molecule has 4 aromatic rings. The number of carboxylic acids is 1. The van der Waals surface area contributed by atoms with Crippen molar-refractivity contribution in [2.45, 2.75) is 12.8 Å². The minimum Gasteiger partial charge on any atom is -0.546 e. The number of oxazole rings is 1. The number of Topliss-reactive ketones (excluding diaryl/α,β-unsaturated/α-hetero) is 1. The number of ether oxygens (including phenoxy) is 1. The number of carbonyl (C=O) groups excluding carboxylic acids is 2. The van der Waals surface area contributed by atoms with Gasteiger partial charge in [0.05, 0.1) is 11.9 Å². The van der Waals surface area contributed by atoms with Crippen LogP contribution in [0.5, 0.6) is 5.75 Å². The summed E-state index contributed by atoms with van der Waals surface area (Å²) in [5.74, 6) is -0.440. The second-order valence-electron chi connectivity index (χ2n) is 8.27. The zero-order valence-electron chi connectivity index (χ0n) is 19.8. The van der Waals surface area contributed by atoms with Gasteiger partial charge in [-0.05, 0) is 25.0 Å². The van der Waals surface area contributed by atoms with Crippen LogP contribution in [-0.2, 0) is 4.79 Å². The fourth-order valence-electron chi connectivity index (χ4n) is 4.32. The van der Waals surface area contributed by atoms with Crippen molar-refractivity contribution in [2.75, 3.05) is 6.61 Å². The smallest absolute Gasteiger partial charge is 0.546 e. The first kappa shape index (κ1) is 25.6. The molecule has 1 aliphatic carbocycles. The van der Waals surface area contributed by atoms with Gasteiger partial charge in [-0.15, -0.1) is 0 Å². The van der Waals surface area contributed by atoms with Crippen LogP contribution < -0.4 is 39.4 Å². The van der Waals surface area contributed by atoms with Crippen molar-refractivity contribution in [2.24, 2.45) is 5.92 Å². The third kappa shape index (κ3) is 5.51. The second kappa shape index (κ2) is 11.5. The number of carbonyl (C=O) groups is 2. The number of ketones is 1. The molecule has 6 nitrogen and oxygen atoms in total. The van der Waals surface area contributed by atoms with Crippen molar-refractivity contribution in [1.82, 2.24) is 4.98 Å². The van der Waals surface area contributed by atoms with E-state index in [1.807, 2.05) is 66.7 Å². The molecule has 0 aliphatic heterocycles. The zero-order chi connectivity index (χ0) is 24.2. The molecule has 1 heterocycles. The Bertz CT molecular complexity index is 1340. The Hall–Kier alpha value is -3.45. The van der Waals surface area contributed by atoms with E-state index >= 15 is 0 Å². The molecule has 3 aromatic carbocycles. The van der Waals surface area contributed by atoms with Crippen LogP contribution >= 0.6 is 0 Å². The quantitative estimate of drug-likeness (QED) is 0.278. The van der Waals surface area contributed by atoms with Crippen LogP contribution in [0.15, 0.2) is 95.4 Å². The van der Waals surface area contributed by atoms with E-state index in [9.17, 15) is 14.7 Å². The van der Waals surface area contributed by atoms with Gasteiger partial charge in [0.25, 0.3) is 0 Å². The van der Waals surface area contributed by atoms with Gasteiger partial charge in [-0.3, -0.25) is 4.79 Å². The third-order valence-corrected chi connectivity index (χ3v) is 5.94. The van der Waals surface area contributed by atoms with Gasteiger partial charge in [-0.1, -0.05) is 78.9 Å². The summed E-state index contributed by atoms with van der Waals surface area (Å²) < 4.78 is 11.5. The minimum atomic E-state index is -1.32. The molecule has 0 amide bonds. The Kier molecular flexibility index (Phi) is 8.21. The van der Waals surface area contributed by atoms with E-state index < -0.39 is 18.5 Å². The molecule has 36 heavy (non-hydrogen) atoms. The van der Waals surface area contributed by atoms with E-state index in [1.54, 1.807) is 24.3 Å². The first-order chi connectivity index (χ1) is 17.1. The largest absolute Gasteiger partial charge is 1.00 e. The molecular weight excluding hydrogens is 465 g/mol. The summed E-state index contributed by atoms with van der Waals surface area (Å²) in [6.45, 7) is -0.576. The first-order valence-electron chi connectivity index (χ1n) is 11.4. The van der Waals surface area contributed by atoms with Crippen LogP contribution in [0.1, 0.15) is 29.1 Å². The average Bonchev–Trinajstić information content (AvgIpc) is 3.56. The molecule has 0 saturated carbocycles. The Labute approximate surface area is 230 Å². The maximum Gasteiger partial charge on any atom is 1.00 e. The molecule has 5 rings (SSSR count). The number of hydrogen-bond acceptors (Lipinski definition) is 6. The van der Waals surface area contributed by atoms with Crippen molar-refractivity contribution in [3.05, 3.63) is 102 Å². The molecule has 0 N–H and O–H groups in total. The van der Waals surface area contributed by atoms with Crippen molar-refractivity contribution in [3.63, 3.8) is 0 Å². The van der Waals surface area contributed by atoms with E-state index in [-0.39, 0.29) is 35.3 Å². The molecular formula is C29H22NNaO5. The van der Waals surface area contributed by atoms with Crippen LogP contribution in [0.2, 0.25) is 0 Å². The number of aliphatic carboxylic acids is 1. The van der Waals surface area contributed by atoms with E-state index in [0.717, 1.165) is 28.8 Å². The third-order valence-electron chi connectivity index (χ3n) is 5.94. The summed E-state index contributed by atoms with van der Waals surface area (Å²) in [5.41, 5.74) is 3.76. The molecule has 0 fully saturated rings. The van der Waals surface area contributed by atoms with Crippen molar-refractivity contribution >= 4 is 17.3 Å². The van der Waals surface area contributed by atoms with Crippen molar-refractivity contribution < 1.29 is 53.4 Å². The van der Waals surface area contributed by atoms with Crippen molar-refractivity contribution in [1.29, 1.82) is 0 Å². The number of rotatable bonds is 8. The van der Waals surface area contributed by atoms with Crippen LogP contribution in [0.25, 0.3) is 28.2 Å². The Morgan fingerprint density at radius 1 is 0.944 bits per heavy atom. The average molecular weight is 487 g/mol. The summed E-state index contributed by atoms with van der Waals surface area (Å²) in [4.78, 5) is 29.0. The van der Waals surface area contributed by atoms with E-state index in [4.69, 9.17) is 14.1 Å². The molecule has 174 valence electrons. The number of nitrogens with zero attached hydrogens (tertiary/aromatic N) is 1. The normalized spacial score (nSPS) is 14.6. The van der Waals surface area contributed by atoms with Gasteiger partial charge in [0, 0.05) is 22.3 Å². The Morgan fingerprint density at radius 2 is 1.64 bits per heavy atom. The number of benzene rings is 3. The second-order valence-corrected chi connectivity index (χ2v) is 8.27. The van der Waals surface area contributed by atoms with Gasteiger partial charge in [0.15, 0.2) is 11.5 Å². The summed E-state index contributed by atoms with van der Waals surface area (Å²) in [5, 5.41) is 10.7. The number of hydrogen-bond donors (Lipinski definition) is 0. The molecule has 1 aliphatic rings. The fourth-order valence-corrected chi connectivity index (χ4v) is 4.32. The van der Waals surface area contributed by atoms with Crippen LogP contribution in [-0.4, -0.2) is 23.3 Å². The zero-order valence-corrected chi connectivity index (χ0v) is 21.8. The fraction of sp³-hybridized carbons (Fsp3) is 0.138. The van der Waals surface area contributed by atoms with Gasteiger partial charge in [-0.2, -0.15) is 0 Å². The van der Waals surface area contributed by atoms with Gasteiger partial charge >= 0.3 is 29.6 Å². The van der Waals surface area contributed by atoms with Crippen molar-refractivity contribution in [3.8, 4) is 28.3 Å². The van der Waals surface area contributed by atoms with Crippen LogP contribution in [0.4, 0.5) is 0 Å². The van der Waals surface area contributed by atoms with Gasteiger partial charge in [0.2, 0.25) is 5.89 Å². The van der Waals surface area contributed by atoms with Gasteiger partial charge in [0.1, 0.15) is 18.1 Å². The van der Waals surface area contributed by atoms with E-state index in [2.05, 4.69) is 0 Å². The number of allylic oxidation sites excluding steroid dienone is 2. The van der Waals surface area contributed by atoms with E-state index in [0.29, 0.717) is 29.4 Å². The molecule has 1 aromatic heterocycles. The maximum absolute atomic E-state index is 13.5. The molecule has 0 spiro atoms. The molecule has 0 saturated heterocycles. The Morgan fingerprint density at radius 3 is 2.33 bits per heavy atom. The molecule has 7 heteroatoms.